The van der Waals surface area contributed by atoms with Gasteiger partial charge >= 0.3 is 193 Å². The summed E-state index contributed by atoms with van der Waals surface area (Å²) >= 11 is -0.942. The van der Waals surface area contributed by atoms with Gasteiger partial charge < -0.3 is 0 Å². The van der Waals surface area contributed by atoms with Crippen LogP contribution in [0, 0.1) is 11.8 Å². The second-order valence-electron chi connectivity index (χ2n) is 9.78. The molecular formula is C28H35InN2O3S. The number of unbranched alkanes of at least 4 members (excludes halogenated alkanes) is 1. The summed E-state index contributed by atoms with van der Waals surface area (Å²) in [7, 11) is -3.20. The SMILES string of the molecule is CS(=O)(=O)c1ccc(CNC(=O)C(CCCC[N]2C=C[C](c3ccccc3)=[In]2)C2CCCC2)cc1. The van der Waals surface area contributed by atoms with Crippen LogP contribution in [0.1, 0.15) is 56.1 Å². The van der Waals surface area contributed by atoms with E-state index in [9.17, 15) is 13.2 Å². The number of nitrogens with one attached hydrogen (secondary N) is 1. The number of allylic oxidation sites excluding steroid dienone is 1. The van der Waals surface area contributed by atoms with Gasteiger partial charge in [0.05, 0.1) is 4.90 Å². The van der Waals surface area contributed by atoms with Crippen LogP contribution in [0.3, 0.4) is 0 Å². The van der Waals surface area contributed by atoms with Crippen molar-refractivity contribution in [3.63, 3.8) is 0 Å². The summed E-state index contributed by atoms with van der Waals surface area (Å²) in [6, 6.07) is 17.5. The molecule has 1 fully saturated rings. The first-order valence-electron chi connectivity index (χ1n) is 12.7. The molecule has 184 valence electrons. The van der Waals surface area contributed by atoms with Crippen molar-refractivity contribution in [3.05, 3.63) is 78.0 Å². The third-order valence-corrected chi connectivity index (χ3v) is 12.8. The van der Waals surface area contributed by atoms with Gasteiger partial charge in [-0.25, -0.2) is 8.42 Å². The van der Waals surface area contributed by atoms with Crippen molar-refractivity contribution in [2.45, 2.75) is 56.4 Å². The van der Waals surface area contributed by atoms with E-state index in [1.807, 2.05) is 0 Å². The molecule has 5 nitrogen and oxygen atoms in total. The van der Waals surface area contributed by atoms with Crippen LogP contribution in [-0.4, -0.2) is 56.0 Å². The Morgan fingerprint density at radius 2 is 1.77 bits per heavy atom. The number of sulfone groups is 1. The molecule has 1 atom stereocenters. The number of carbonyl (C=O) groups is 1. The van der Waals surface area contributed by atoms with Crippen LogP contribution in [-0.2, 0) is 21.2 Å². The molecule has 2 aliphatic rings. The fourth-order valence-electron chi connectivity index (χ4n) is 5.16. The van der Waals surface area contributed by atoms with E-state index in [1.165, 1.54) is 24.7 Å². The Morgan fingerprint density at radius 3 is 2.46 bits per heavy atom. The van der Waals surface area contributed by atoms with Crippen LogP contribution in [0.15, 0.2) is 71.8 Å². The molecule has 1 unspecified atom stereocenters. The van der Waals surface area contributed by atoms with Crippen LogP contribution in [0.4, 0.5) is 0 Å². The van der Waals surface area contributed by atoms with Gasteiger partial charge in [0.2, 0.25) is 0 Å². The quantitative estimate of drug-likeness (QED) is 0.393. The van der Waals surface area contributed by atoms with Crippen LogP contribution in [0.5, 0.6) is 0 Å². The van der Waals surface area contributed by atoms with Crippen molar-refractivity contribution in [1.29, 1.82) is 0 Å². The molecule has 1 aliphatic carbocycles. The maximum atomic E-state index is 13.2. The van der Waals surface area contributed by atoms with Crippen LogP contribution < -0.4 is 5.32 Å². The summed E-state index contributed by atoms with van der Waals surface area (Å²) in [6.45, 7) is 1.54. The predicted molar refractivity (Wildman–Crippen MR) is 143 cm³/mol. The van der Waals surface area contributed by atoms with E-state index in [0.717, 1.165) is 44.2 Å². The van der Waals surface area contributed by atoms with E-state index >= 15 is 0 Å². The van der Waals surface area contributed by atoms with E-state index in [0.29, 0.717) is 17.4 Å². The van der Waals surface area contributed by atoms with E-state index < -0.39 is 32.5 Å². The number of rotatable bonds is 11. The molecule has 0 bridgehead atoms. The minimum atomic E-state index is -3.20. The molecule has 1 aliphatic heterocycles. The van der Waals surface area contributed by atoms with E-state index in [4.69, 9.17) is 0 Å². The fourth-order valence-corrected chi connectivity index (χ4v) is 9.65. The molecule has 2 aromatic carbocycles. The Labute approximate surface area is 221 Å². The number of carbonyl (C=O) groups excluding carboxylic acids is 1. The number of hydrogen-bond donors (Lipinski definition) is 1. The van der Waals surface area contributed by atoms with E-state index in [1.54, 1.807) is 27.5 Å². The van der Waals surface area contributed by atoms with Crippen molar-refractivity contribution < 1.29 is 13.2 Å². The number of benzene rings is 2. The van der Waals surface area contributed by atoms with E-state index in [2.05, 4.69) is 50.8 Å². The van der Waals surface area contributed by atoms with Gasteiger partial charge in [-0.15, -0.1) is 0 Å². The Hall–Kier alpha value is -1.86. The minimum absolute atomic E-state index is 0.0788. The third kappa shape index (κ3) is 7.56. The zero-order chi connectivity index (χ0) is 24.7. The average molecular weight is 594 g/mol. The first kappa shape index (κ1) is 26.2. The zero-order valence-corrected chi connectivity index (χ0v) is 24.6. The first-order chi connectivity index (χ1) is 16.9. The molecule has 35 heavy (non-hydrogen) atoms. The van der Waals surface area contributed by atoms with Crippen molar-refractivity contribution in [2.75, 3.05) is 12.8 Å². The van der Waals surface area contributed by atoms with Gasteiger partial charge in [0.1, 0.15) is 0 Å². The fraction of sp³-hybridized carbons (Fsp3) is 0.429. The van der Waals surface area contributed by atoms with Crippen LogP contribution in [0.25, 0.3) is 0 Å². The van der Waals surface area contributed by atoms with Gasteiger partial charge in [-0.1, -0.05) is 0 Å². The molecule has 7 heteroatoms. The second kappa shape index (κ2) is 12.4. The summed E-state index contributed by atoms with van der Waals surface area (Å²) in [5, 5.41) is 3.14. The van der Waals surface area contributed by atoms with Gasteiger partial charge in [0.15, 0.2) is 9.84 Å². The average Bonchev–Trinajstić information content (AvgIpc) is 3.56. The summed E-state index contributed by atoms with van der Waals surface area (Å²) in [6.07, 6.45) is 13.7. The molecule has 4 rings (SSSR count). The monoisotopic (exact) mass is 594 g/mol. The molecule has 1 saturated carbocycles. The molecule has 2 aromatic rings. The molecular weight excluding hydrogens is 559 g/mol. The molecule has 0 saturated heterocycles. The van der Waals surface area contributed by atoms with Crippen molar-refractivity contribution in [3.8, 4) is 0 Å². The Balaban J connectivity index is 1.26. The van der Waals surface area contributed by atoms with Crippen LogP contribution >= 0.6 is 0 Å². The van der Waals surface area contributed by atoms with Crippen molar-refractivity contribution in [1.82, 2.24) is 8.20 Å². The summed E-state index contributed by atoms with van der Waals surface area (Å²) < 4.78 is 27.4. The van der Waals surface area contributed by atoms with Gasteiger partial charge in [-0.2, -0.15) is 0 Å². The standard InChI is InChI=1S/C28H35N2O3S.In/c1-34(32,33)26-18-16-24(17-19-26)22-30-28(31)27(25-13-5-6-14-25)15-7-8-20-29-21-9-12-23-10-3-2-4-11-23;/h2-4,9-11,16-19,21,25,27H,5-8,13-15,20,22H2,1H3,(H,30,31);/q-1;+1. The van der Waals surface area contributed by atoms with Gasteiger partial charge in [0, 0.05) is 6.26 Å². The summed E-state index contributed by atoms with van der Waals surface area (Å²) in [5.41, 5.74) is 2.30. The molecule has 0 spiro atoms. The van der Waals surface area contributed by atoms with Crippen molar-refractivity contribution in [2.24, 2.45) is 11.8 Å². The van der Waals surface area contributed by atoms with Gasteiger partial charge in [-0.3, -0.25) is 0 Å². The molecule has 1 amide bonds. The third-order valence-electron chi connectivity index (χ3n) is 7.16. The van der Waals surface area contributed by atoms with Gasteiger partial charge in [0.25, 0.3) is 0 Å². The van der Waals surface area contributed by atoms with Crippen LogP contribution in [0.2, 0.25) is 0 Å². The maximum absolute atomic E-state index is 13.2. The zero-order valence-electron chi connectivity index (χ0n) is 20.5. The predicted octanol–water partition coefficient (Wildman–Crippen LogP) is 4.35. The topological polar surface area (TPSA) is 66.5 Å². The van der Waals surface area contributed by atoms with Crippen molar-refractivity contribution >= 4 is 41.7 Å². The first-order valence-corrected chi connectivity index (χ1v) is 17.7. The molecule has 0 aromatic heterocycles. The summed E-state index contributed by atoms with van der Waals surface area (Å²) in [5.74, 6) is 0.725. The second-order valence-corrected chi connectivity index (χ2v) is 16.2. The number of nitrogens with zero attached hydrogens (tertiary/aromatic N) is 1. The Kier molecular flexibility index (Phi) is 9.28. The molecule has 1 heterocycles. The van der Waals surface area contributed by atoms with E-state index in [-0.39, 0.29) is 11.8 Å². The number of amides is 1. The summed E-state index contributed by atoms with van der Waals surface area (Å²) in [4.78, 5) is 13.5. The Bertz CT molecular complexity index is 1150. The number of hydrogen-bond acceptors (Lipinski definition) is 4. The molecule has 0 radical (unpaired) electrons. The molecule has 1 N–H and O–H groups in total. The van der Waals surface area contributed by atoms with Gasteiger partial charge in [-0.05, 0) is 0 Å². The normalized spacial score (nSPS) is 16.7. The Morgan fingerprint density at radius 1 is 1.06 bits per heavy atom.